The van der Waals surface area contributed by atoms with Crippen molar-refractivity contribution in [1.82, 2.24) is 0 Å². The van der Waals surface area contributed by atoms with Crippen molar-refractivity contribution in [3.05, 3.63) is 40.9 Å². The Hall–Kier alpha value is -2.60. The average molecular weight is 379 g/mol. The van der Waals surface area contributed by atoms with Crippen LogP contribution < -0.4 is 23.7 Å². The number of halogens is 1. The SMILES string of the molecule is CCCOc1c(Cl)cc(C(=O)Oc2ccc3c(c2)OCO3)cc1OCC. The molecule has 3 rings (SSSR count). The Morgan fingerprint density at radius 1 is 1.12 bits per heavy atom. The van der Waals surface area contributed by atoms with Crippen molar-refractivity contribution in [1.29, 1.82) is 0 Å². The number of carbonyl (C=O) groups is 1. The summed E-state index contributed by atoms with van der Waals surface area (Å²) in [6, 6.07) is 7.99. The Morgan fingerprint density at radius 2 is 1.92 bits per heavy atom. The van der Waals surface area contributed by atoms with E-state index >= 15 is 0 Å². The summed E-state index contributed by atoms with van der Waals surface area (Å²) in [4.78, 5) is 12.5. The molecule has 0 bridgehead atoms. The molecule has 2 aromatic carbocycles. The molecule has 0 N–H and O–H groups in total. The molecular weight excluding hydrogens is 360 g/mol. The molecule has 1 aliphatic heterocycles. The molecule has 0 unspecified atom stereocenters. The largest absolute Gasteiger partial charge is 0.490 e. The highest BCUT2D eigenvalue weighted by Crippen LogP contribution is 2.38. The van der Waals surface area contributed by atoms with Gasteiger partial charge in [0.25, 0.3) is 0 Å². The van der Waals surface area contributed by atoms with Gasteiger partial charge < -0.3 is 23.7 Å². The molecule has 0 saturated carbocycles. The summed E-state index contributed by atoms with van der Waals surface area (Å²) in [7, 11) is 0. The summed E-state index contributed by atoms with van der Waals surface area (Å²) >= 11 is 6.28. The van der Waals surface area contributed by atoms with Crippen molar-refractivity contribution in [2.45, 2.75) is 20.3 Å². The van der Waals surface area contributed by atoms with Gasteiger partial charge in [0.1, 0.15) is 5.75 Å². The van der Waals surface area contributed by atoms with E-state index in [4.69, 9.17) is 35.3 Å². The molecule has 0 atom stereocenters. The first kappa shape index (κ1) is 18.2. The van der Waals surface area contributed by atoms with Crippen LogP contribution in [0.25, 0.3) is 0 Å². The Labute approximate surface area is 156 Å². The highest BCUT2D eigenvalue weighted by Gasteiger charge is 2.19. The van der Waals surface area contributed by atoms with E-state index in [1.165, 1.54) is 6.07 Å². The lowest BCUT2D eigenvalue weighted by Gasteiger charge is -2.14. The number of hydrogen-bond donors (Lipinski definition) is 0. The fourth-order valence-corrected chi connectivity index (χ4v) is 2.66. The molecule has 0 saturated heterocycles. The van der Waals surface area contributed by atoms with Crippen LogP contribution in [0.4, 0.5) is 0 Å². The van der Waals surface area contributed by atoms with Crippen LogP contribution in [0.3, 0.4) is 0 Å². The minimum atomic E-state index is -0.561. The van der Waals surface area contributed by atoms with Gasteiger partial charge in [-0.1, -0.05) is 18.5 Å². The van der Waals surface area contributed by atoms with E-state index in [-0.39, 0.29) is 12.4 Å². The minimum Gasteiger partial charge on any atom is -0.490 e. The van der Waals surface area contributed by atoms with E-state index in [2.05, 4.69) is 0 Å². The first-order valence-electron chi connectivity index (χ1n) is 8.33. The Kier molecular flexibility index (Phi) is 5.73. The maximum atomic E-state index is 12.5. The lowest BCUT2D eigenvalue weighted by molar-refractivity contribution is 0.0734. The topological polar surface area (TPSA) is 63.2 Å². The summed E-state index contributed by atoms with van der Waals surface area (Å²) in [5.41, 5.74) is 0.264. The zero-order valence-electron chi connectivity index (χ0n) is 14.5. The van der Waals surface area contributed by atoms with Gasteiger partial charge >= 0.3 is 5.97 Å². The normalized spacial score (nSPS) is 12.0. The van der Waals surface area contributed by atoms with E-state index in [9.17, 15) is 4.79 Å². The van der Waals surface area contributed by atoms with Crippen molar-refractivity contribution in [3.63, 3.8) is 0 Å². The molecule has 0 amide bonds. The molecule has 2 aromatic rings. The summed E-state index contributed by atoms with van der Waals surface area (Å²) < 4.78 is 27.1. The monoisotopic (exact) mass is 378 g/mol. The fraction of sp³-hybridized carbons (Fsp3) is 0.316. The minimum absolute atomic E-state index is 0.152. The summed E-state index contributed by atoms with van der Waals surface area (Å²) in [6.07, 6.45) is 0.829. The molecule has 6 nitrogen and oxygen atoms in total. The summed E-state index contributed by atoms with van der Waals surface area (Å²) in [5.74, 6) is 1.77. The molecule has 1 aliphatic rings. The molecule has 7 heteroatoms. The van der Waals surface area contributed by atoms with Gasteiger partial charge in [-0.05, 0) is 37.6 Å². The number of hydrogen-bond acceptors (Lipinski definition) is 6. The van der Waals surface area contributed by atoms with Crippen LogP contribution in [0.5, 0.6) is 28.7 Å². The van der Waals surface area contributed by atoms with E-state index in [0.29, 0.717) is 47.0 Å². The molecule has 0 aliphatic carbocycles. The lowest BCUT2D eigenvalue weighted by Crippen LogP contribution is -2.10. The van der Waals surface area contributed by atoms with Crippen molar-refractivity contribution < 1.29 is 28.5 Å². The first-order chi connectivity index (χ1) is 12.6. The number of benzene rings is 2. The Bertz CT molecular complexity index is 805. The molecule has 26 heavy (non-hydrogen) atoms. The van der Waals surface area contributed by atoms with Crippen molar-refractivity contribution >= 4 is 17.6 Å². The van der Waals surface area contributed by atoms with Gasteiger partial charge in [0, 0.05) is 6.07 Å². The fourth-order valence-electron chi connectivity index (χ4n) is 2.40. The predicted molar refractivity (Wildman–Crippen MR) is 95.9 cm³/mol. The van der Waals surface area contributed by atoms with Gasteiger partial charge in [-0.3, -0.25) is 0 Å². The summed E-state index contributed by atoms with van der Waals surface area (Å²) in [6.45, 7) is 4.90. The van der Waals surface area contributed by atoms with Crippen LogP contribution in [0.1, 0.15) is 30.6 Å². The zero-order chi connectivity index (χ0) is 18.5. The standard InChI is InChI=1S/C19H19ClO6/c1-3-7-23-18-14(20)8-12(9-17(18)22-4-2)19(21)26-13-5-6-15-16(10-13)25-11-24-15/h5-6,8-10H,3-4,7,11H2,1-2H3. The van der Waals surface area contributed by atoms with Gasteiger partial charge in [0.2, 0.25) is 6.79 Å². The van der Waals surface area contributed by atoms with Crippen molar-refractivity contribution in [2.24, 2.45) is 0 Å². The van der Waals surface area contributed by atoms with E-state index < -0.39 is 5.97 Å². The van der Waals surface area contributed by atoms with Crippen molar-refractivity contribution in [2.75, 3.05) is 20.0 Å². The lowest BCUT2D eigenvalue weighted by atomic mass is 10.2. The third kappa shape index (κ3) is 3.96. The van der Waals surface area contributed by atoms with Gasteiger partial charge in [0.05, 0.1) is 23.8 Å². The van der Waals surface area contributed by atoms with E-state index in [0.717, 1.165) is 6.42 Å². The maximum Gasteiger partial charge on any atom is 0.343 e. The van der Waals surface area contributed by atoms with E-state index in [1.807, 2.05) is 13.8 Å². The highest BCUT2D eigenvalue weighted by atomic mass is 35.5. The van der Waals surface area contributed by atoms with Crippen LogP contribution in [0.15, 0.2) is 30.3 Å². The van der Waals surface area contributed by atoms with Gasteiger partial charge in [-0.25, -0.2) is 4.79 Å². The van der Waals surface area contributed by atoms with Crippen molar-refractivity contribution in [3.8, 4) is 28.7 Å². The molecular formula is C19H19ClO6. The maximum absolute atomic E-state index is 12.5. The molecule has 0 radical (unpaired) electrons. The first-order valence-corrected chi connectivity index (χ1v) is 8.71. The molecule has 0 spiro atoms. The van der Waals surface area contributed by atoms with Crippen LogP contribution in [0.2, 0.25) is 5.02 Å². The van der Waals surface area contributed by atoms with Gasteiger partial charge in [0.15, 0.2) is 23.0 Å². The Morgan fingerprint density at radius 3 is 2.69 bits per heavy atom. The number of carbonyl (C=O) groups excluding carboxylic acids is 1. The number of fused-ring (bicyclic) bond motifs is 1. The average Bonchev–Trinajstić information content (AvgIpc) is 3.09. The molecule has 0 aromatic heterocycles. The highest BCUT2D eigenvalue weighted by molar-refractivity contribution is 6.32. The zero-order valence-corrected chi connectivity index (χ0v) is 15.3. The number of rotatable bonds is 7. The molecule has 1 heterocycles. The Balaban J connectivity index is 1.82. The van der Waals surface area contributed by atoms with Gasteiger partial charge in [-0.15, -0.1) is 0 Å². The number of esters is 1. The molecule has 138 valence electrons. The van der Waals surface area contributed by atoms with E-state index in [1.54, 1.807) is 24.3 Å². The second-order valence-corrected chi connectivity index (χ2v) is 5.88. The quantitative estimate of drug-likeness (QED) is 0.523. The number of ether oxygens (including phenoxy) is 5. The second kappa shape index (κ2) is 8.19. The smallest absolute Gasteiger partial charge is 0.343 e. The predicted octanol–water partition coefficient (Wildman–Crippen LogP) is 4.48. The summed E-state index contributed by atoms with van der Waals surface area (Å²) in [5, 5.41) is 0.294. The van der Waals surface area contributed by atoms with Crippen LogP contribution in [0, 0.1) is 0 Å². The third-order valence-corrected chi connectivity index (χ3v) is 3.83. The van der Waals surface area contributed by atoms with Crippen LogP contribution in [-0.2, 0) is 0 Å². The van der Waals surface area contributed by atoms with Crippen LogP contribution in [-0.4, -0.2) is 26.0 Å². The van der Waals surface area contributed by atoms with Crippen LogP contribution >= 0.6 is 11.6 Å². The second-order valence-electron chi connectivity index (χ2n) is 5.47. The molecule has 0 fully saturated rings. The van der Waals surface area contributed by atoms with Gasteiger partial charge in [-0.2, -0.15) is 0 Å². The third-order valence-electron chi connectivity index (χ3n) is 3.55.